The second-order valence-corrected chi connectivity index (χ2v) is 17.2. The molecule has 8 rings (SSSR count). The number of nitrogens with two attached hydrogens (primary N) is 3. The van der Waals surface area contributed by atoms with Crippen molar-refractivity contribution in [3.8, 4) is 0 Å². The van der Waals surface area contributed by atoms with E-state index in [9.17, 15) is 33.6 Å². The number of imidazole rings is 1. The third-order valence-corrected chi connectivity index (χ3v) is 12.1. The topological polar surface area (TPSA) is 327 Å². The smallest absolute Gasteiger partial charge is 0.251 e. The van der Waals surface area contributed by atoms with Crippen molar-refractivity contribution in [2.75, 3.05) is 13.1 Å². The molecule has 20 heteroatoms. The van der Waals surface area contributed by atoms with Crippen LogP contribution < -0.4 is 49.1 Å². The molecular weight excluding hydrogens is 895 g/mol. The second-order valence-electron chi connectivity index (χ2n) is 17.2. The van der Waals surface area contributed by atoms with Crippen LogP contribution in [-0.4, -0.2) is 106 Å². The third-order valence-electron chi connectivity index (χ3n) is 12.1. The number of primary amides is 1. The first kappa shape index (κ1) is 49.4. The molecular formula is C50H57N13O7. The predicted octanol–water partition coefficient (Wildman–Crippen LogP) is 1.26. The zero-order valence-electron chi connectivity index (χ0n) is 38.3. The van der Waals surface area contributed by atoms with Crippen LogP contribution in [0.15, 0.2) is 115 Å². The van der Waals surface area contributed by atoms with Gasteiger partial charge in [-0.1, -0.05) is 60.7 Å². The van der Waals surface area contributed by atoms with E-state index in [1.54, 1.807) is 6.20 Å². The summed E-state index contributed by atoms with van der Waals surface area (Å²) in [6.45, 7) is 0.322. The first-order chi connectivity index (χ1) is 33.8. The number of nitrogens with zero attached hydrogens (tertiary/aromatic N) is 2. The summed E-state index contributed by atoms with van der Waals surface area (Å²) in [5.74, 6) is -4.93. The molecule has 2 aliphatic rings. The van der Waals surface area contributed by atoms with Crippen LogP contribution >= 0.6 is 0 Å². The van der Waals surface area contributed by atoms with Gasteiger partial charge in [-0.05, 0) is 84.3 Å². The average Bonchev–Trinajstić information content (AvgIpc) is 4.03. The summed E-state index contributed by atoms with van der Waals surface area (Å²) in [6, 6.07) is 20.2. The first-order valence-corrected chi connectivity index (χ1v) is 23.1. The standard InChI is InChI=1S/C50H57N13O7/c51-43(64)38-12-5-6-20-55-44(65)31-16-18-32(19-17-31)45(66)61-42(25-35-27-54-28-58-35)49(70)62-40(23-29-14-15-30-8-1-2-9-33(30)22-29)47(68)60-39(13-7-21-56-50(52)53)46(67)63-41(48(69)59-38)24-34-26-57-37-11-4-3-10-36(34)37/h1-4,8-11,14-19,22,26-28,38-42,57H,5-7,12-13,20-21,23-25H2,(H2,51,64)(H,54,58)(H,55,65)(H,59,69)(H,60,68)(H,61,66)(H,62,70)(H,63,67)(H4,52,53,56)/t38-,39-,40+,41-,42-/m0/s1. The maximum atomic E-state index is 14.8. The van der Waals surface area contributed by atoms with E-state index < -0.39 is 71.6 Å². The highest BCUT2D eigenvalue weighted by Crippen LogP contribution is 2.21. The molecule has 0 aliphatic carbocycles. The Hall–Kier alpha value is -8.55. The van der Waals surface area contributed by atoms with E-state index in [1.165, 1.54) is 36.8 Å². The Morgan fingerprint density at radius 2 is 1.29 bits per heavy atom. The summed E-state index contributed by atoms with van der Waals surface area (Å²) < 4.78 is 0. The minimum Gasteiger partial charge on any atom is -0.370 e. The molecule has 5 atom stereocenters. The summed E-state index contributed by atoms with van der Waals surface area (Å²) in [4.78, 5) is 112. The normalized spacial score (nSPS) is 20.2. The van der Waals surface area contributed by atoms with Crippen molar-refractivity contribution in [1.82, 2.24) is 46.9 Å². The molecule has 20 nitrogen and oxygen atoms in total. The number of carbonyl (C=O) groups is 7. The number of amides is 7. The highest BCUT2D eigenvalue weighted by atomic mass is 16.2. The summed E-state index contributed by atoms with van der Waals surface area (Å²) in [5, 5.41) is 19.5. The van der Waals surface area contributed by atoms with Gasteiger partial charge >= 0.3 is 0 Å². The lowest BCUT2D eigenvalue weighted by atomic mass is 9.99. The van der Waals surface area contributed by atoms with Crippen molar-refractivity contribution in [2.45, 2.75) is 81.6 Å². The Morgan fingerprint density at radius 1 is 0.643 bits per heavy atom. The van der Waals surface area contributed by atoms with Crippen molar-refractivity contribution in [2.24, 2.45) is 22.2 Å². The van der Waals surface area contributed by atoms with Gasteiger partial charge in [0.2, 0.25) is 29.5 Å². The molecule has 0 saturated carbocycles. The molecule has 364 valence electrons. The molecule has 4 heterocycles. The average molecular weight is 952 g/mol. The van der Waals surface area contributed by atoms with Crippen LogP contribution in [-0.2, 0) is 43.2 Å². The van der Waals surface area contributed by atoms with Gasteiger partial charge in [-0.25, -0.2) is 4.98 Å². The molecule has 2 aliphatic heterocycles. The van der Waals surface area contributed by atoms with Crippen molar-refractivity contribution in [1.29, 1.82) is 0 Å². The molecule has 6 aromatic rings. The van der Waals surface area contributed by atoms with Gasteiger partial charge < -0.3 is 59.1 Å². The highest BCUT2D eigenvalue weighted by Gasteiger charge is 2.33. The second kappa shape index (κ2) is 23.5. The molecule has 2 bridgehead atoms. The number of carbonyl (C=O) groups excluding carboxylic acids is 7. The molecule has 70 heavy (non-hydrogen) atoms. The van der Waals surface area contributed by atoms with Crippen LogP contribution in [0.25, 0.3) is 21.7 Å². The van der Waals surface area contributed by atoms with Gasteiger partial charge in [0.15, 0.2) is 5.96 Å². The highest BCUT2D eigenvalue weighted by molar-refractivity contribution is 6.01. The number of guanidine groups is 1. The number of H-pyrrole nitrogens is 2. The Balaban J connectivity index is 1.25. The fourth-order valence-corrected chi connectivity index (χ4v) is 8.31. The van der Waals surface area contributed by atoms with Gasteiger partial charge in [0.05, 0.1) is 6.33 Å². The van der Waals surface area contributed by atoms with Gasteiger partial charge in [-0.2, -0.15) is 0 Å². The van der Waals surface area contributed by atoms with Crippen LogP contribution in [0, 0.1) is 0 Å². The Kier molecular flexibility index (Phi) is 16.5. The van der Waals surface area contributed by atoms with E-state index in [0.717, 1.165) is 21.7 Å². The van der Waals surface area contributed by atoms with E-state index >= 15 is 0 Å². The van der Waals surface area contributed by atoms with E-state index in [-0.39, 0.29) is 68.7 Å². The molecule has 4 aromatic carbocycles. The number of hydrogen-bond donors (Lipinski definition) is 11. The molecule has 0 unspecified atom stereocenters. The molecule has 0 spiro atoms. The van der Waals surface area contributed by atoms with Crippen LogP contribution in [0.1, 0.15) is 69.6 Å². The largest absolute Gasteiger partial charge is 0.370 e. The van der Waals surface area contributed by atoms with Crippen LogP contribution in [0.4, 0.5) is 0 Å². The summed E-state index contributed by atoms with van der Waals surface area (Å²) in [7, 11) is 0. The van der Waals surface area contributed by atoms with Crippen molar-refractivity contribution in [3.05, 3.63) is 138 Å². The van der Waals surface area contributed by atoms with Crippen LogP contribution in [0.2, 0.25) is 0 Å². The van der Waals surface area contributed by atoms with E-state index in [0.29, 0.717) is 29.7 Å². The molecule has 2 aromatic heterocycles. The number of rotatable bonds is 11. The SMILES string of the molecule is NC(=O)[C@@H]1CCCCNC(=O)c2ccc(cc2)C(=O)N[C@@H](Cc2cnc[nH]2)C(=O)N[C@H](Cc2ccc3ccccc3c2)C(=O)N[C@@H](CCCN=C(N)N)C(=O)N[C@@H](Cc2c[nH]c3ccccc23)C(=O)N1. The van der Waals surface area contributed by atoms with Gasteiger partial charge in [0.25, 0.3) is 11.8 Å². The summed E-state index contributed by atoms with van der Waals surface area (Å²) >= 11 is 0. The summed E-state index contributed by atoms with van der Waals surface area (Å²) in [6.07, 6.45) is 5.67. The number of fused-ring (bicyclic) bond motifs is 24. The van der Waals surface area contributed by atoms with Gasteiger partial charge in [-0.15, -0.1) is 0 Å². The number of nitrogens with one attached hydrogen (secondary N) is 8. The molecule has 0 fully saturated rings. The van der Waals surface area contributed by atoms with Gasteiger partial charge in [0.1, 0.15) is 30.2 Å². The lowest BCUT2D eigenvalue weighted by molar-refractivity contribution is -0.134. The predicted molar refractivity (Wildman–Crippen MR) is 263 cm³/mol. The fraction of sp³-hybridized carbons (Fsp3) is 0.300. The zero-order chi connectivity index (χ0) is 49.6. The fourth-order valence-electron chi connectivity index (χ4n) is 8.31. The number of aromatic amines is 2. The monoisotopic (exact) mass is 951 g/mol. The zero-order valence-corrected chi connectivity index (χ0v) is 38.3. The van der Waals surface area contributed by atoms with Crippen LogP contribution in [0.5, 0.6) is 0 Å². The molecule has 7 amide bonds. The van der Waals surface area contributed by atoms with Gasteiger partial charge in [-0.3, -0.25) is 38.6 Å². The number of para-hydroxylation sites is 1. The Labute approximate surface area is 402 Å². The first-order valence-electron chi connectivity index (χ1n) is 23.1. The minimum atomic E-state index is -1.32. The Morgan fingerprint density at radius 3 is 2.00 bits per heavy atom. The molecule has 0 radical (unpaired) electrons. The van der Waals surface area contributed by atoms with E-state index in [1.807, 2.05) is 66.7 Å². The number of aliphatic imine (C=N–C) groups is 1. The lowest BCUT2D eigenvalue weighted by Crippen LogP contribution is -2.60. The quantitative estimate of drug-likeness (QED) is 0.0382. The maximum absolute atomic E-state index is 14.8. The lowest BCUT2D eigenvalue weighted by Gasteiger charge is -2.27. The third kappa shape index (κ3) is 13.3. The Bertz CT molecular complexity index is 2860. The van der Waals surface area contributed by atoms with Crippen molar-refractivity contribution < 1.29 is 33.6 Å². The molecule has 0 saturated heterocycles. The van der Waals surface area contributed by atoms with E-state index in [2.05, 4.69) is 51.8 Å². The summed E-state index contributed by atoms with van der Waals surface area (Å²) in [5.41, 5.74) is 20.1. The number of aromatic nitrogens is 3. The molecule has 14 N–H and O–H groups in total. The van der Waals surface area contributed by atoms with Crippen molar-refractivity contribution in [3.63, 3.8) is 0 Å². The van der Waals surface area contributed by atoms with Crippen molar-refractivity contribution >= 4 is 69.0 Å². The maximum Gasteiger partial charge on any atom is 0.251 e. The minimum absolute atomic E-state index is 0.00976. The number of hydrogen-bond acceptors (Lipinski definition) is 9. The van der Waals surface area contributed by atoms with Crippen LogP contribution in [0.3, 0.4) is 0 Å². The van der Waals surface area contributed by atoms with E-state index in [4.69, 9.17) is 17.2 Å². The number of benzene rings is 4. The van der Waals surface area contributed by atoms with Gasteiger partial charge in [0, 0.05) is 72.5 Å².